The van der Waals surface area contributed by atoms with Crippen molar-refractivity contribution < 1.29 is 36.1 Å². The minimum Gasteiger partial charge on any atom is -1.00 e. The number of carbonyl (C=O) groups excluding carboxylic acids is 1. The number of aromatic nitrogens is 4. The number of hydrogen-bond donors (Lipinski definition) is 1. The first kappa shape index (κ1) is 24.5. The van der Waals surface area contributed by atoms with Crippen LogP contribution in [0.1, 0.15) is 37.0 Å². The van der Waals surface area contributed by atoms with Gasteiger partial charge in [0, 0.05) is 17.7 Å². The van der Waals surface area contributed by atoms with Crippen LogP contribution in [0, 0.1) is 0 Å². The van der Waals surface area contributed by atoms with Crippen LogP contribution in [0.5, 0.6) is 17.4 Å². The fourth-order valence-electron chi connectivity index (χ4n) is 3.09. The molecule has 0 aliphatic heterocycles. The first-order valence-corrected chi connectivity index (χ1v) is 9.96. The van der Waals surface area contributed by atoms with E-state index in [0.717, 1.165) is 12.8 Å². The van der Waals surface area contributed by atoms with E-state index in [9.17, 15) is 4.79 Å². The minimum absolute atomic E-state index is 0. The Balaban J connectivity index is 0.00000341. The Morgan fingerprint density at radius 1 is 1.23 bits per heavy atom. The number of Topliss-reactive ketones (excluding diaryl/α,β-unsaturated/α-hetero) is 1. The van der Waals surface area contributed by atoms with E-state index in [1.54, 1.807) is 18.2 Å². The lowest BCUT2D eigenvalue weighted by molar-refractivity contribution is -0.714. The zero-order chi connectivity index (χ0) is 21.8. The van der Waals surface area contributed by atoms with E-state index in [1.807, 2.05) is 0 Å². The molecule has 31 heavy (non-hydrogen) atoms. The fraction of sp³-hybridized carbons (Fsp3) is 0.400. The van der Waals surface area contributed by atoms with Gasteiger partial charge in [0.25, 0.3) is 5.88 Å². The molecule has 2 N–H and O–H groups in total. The summed E-state index contributed by atoms with van der Waals surface area (Å²) in [4.78, 5) is 12.9. The second-order valence-electron chi connectivity index (χ2n) is 6.63. The van der Waals surface area contributed by atoms with Crippen LogP contribution in [0.3, 0.4) is 0 Å². The molecule has 0 radical (unpaired) electrons. The molecule has 0 atom stereocenters. The highest BCUT2D eigenvalue weighted by Gasteiger charge is 2.24. The van der Waals surface area contributed by atoms with Crippen LogP contribution in [0.2, 0.25) is 5.02 Å². The van der Waals surface area contributed by atoms with E-state index in [1.165, 1.54) is 29.5 Å². The molecule has 0 fully saturated rings. The van der Waals surface area contributed by atoms with Gasteiger partial charge in [-0.05, 0) is 35.2 Å². The van der Waals surface area contributed by atoms with Gasteiger partial charge in [0.15, 0.2) is 18.0 Å². The molecule has 2 heterocycles. The average Bonchev–Trinajstić information content (AvgIpc) is 3.05. The summed E-state index contributed by atoms with van der Waals surface area (Å²) in [7, 11) is 2.96. The second kappa shape index (κ2) is 10.5. The maximum atomic E-state index is 12.9. The van der Waals surface area contributed by atoms with E-state index in [0.29, 0.717) is 28.6 Å². The van der Waals surface area contributed by atoms with Crippen LogP contribution in [-0.4, -0.2) is 40.8 Å². The van der Waals surface area contributed by atoms with E-state index in [2.05, 4.69) is 24.0 Å². The van der Waals surface area contributed by atoms with Gasteiger partial charge in [-0.2, -0.15) is 0 Å². The molecule has 0 aliphatic carbocycles. The van der Waals surface area contributed by atoms with Gasteiger partial charge in [-0.25, -0.2) is 0 Å². The molecule has 0 bridgehead atoms. The predicted octanol–water partition coefficient (Wildman–Crippen LogP) is -0.276. The number of rotatable bonds is 9. The van der Waals surface area contributed by atoms with Crippen LogP contribution < -0.4 is 37.0 Å². The third-order valence-electron chi connectivity index (χ3n) is 4.74. The Bertz CT molecular complexity index is 1070. The molecule has 2 aromatic heterocycles. The summed E-state index contributed by atoms with van der Waals surface area (Å²) in [6.45, 7) is 4.05. The largest absolute Gasteiger partial charge is 1.00 e. The molecule has 0 aliphatic rings. The molecule has 11 heteroatoms. The fourth-order valence-corrected chi connectivity index (χ4v) is 3.38. The average molecular weight is 470 g/mol. The van der Waals surface area contributed by atoms with Crippen LogP contribution in [0.15, 0.2) is 24.3 Å². The quantitative estimate of drug-likeness (QED) is 0.339. The van der Waals surface area contributed by atoms with Gasteiger partial charge in [0.1, 0.15) is 6.10 Å². The molecule has 168 valence electrons. The number of methoxy groups -OCH3 is 2. The highest BCUT2D eigenvalue weighted by molar-refractivity contribution is 6.32. The van der Waals surface area contributed by atoms with Gasteiger partial charge in [0.05, 0.1) is 19.2 Å². The standard InChI is InChI=1S/C20H25ClN5O4.ClH/c1-5-13(6-2)30-17-7-8-18-25(24-20(22)26(18)23-17)11-15(27)12-9-14(21)19(29-4)16(10-12)28-3;/h7-10,13H,5-6,11H2,1-4H3,(H2,22,24);1H/q+1;/p-1. The molecule has 0 saturated carbocycles. The van der Waals surface area contributed by atoms with E-state index in [4.69, 9.17) is 31.5 Å². The Kier molecular flexibility index (Phi) is 8.29. The molecular weight excluding hydrogens is 445 g/mol. The van der Waals surface area contributed by atoms with Crippen LogP contribution >= 0.6 is 11.6 Å². The summed E-state index contributed by atoms with van der Waals surface area (Å²) in [5.74, 6) is 1.12. The molecule has 1 aromatic carbocycles. The smallest absolute Gasteiger partial charge is 0.355 e. The van der Waals surface area contributed by atoms with Gasteiger partial charge in [-0.1, -0.05) is 30.0 Å². The number of carbonyl (C=O) groups is 1. The summed E-state index contributed by atoms with van der Waals surface area (Å²) in [5, 5.41) is 8.92. The van der Waals surface area contributed by atoms with Crippen molar-refractivity contribution in [3.63, 3.8) is 0 Å². The lowest BCUT2D eigenvalue weighted by Crippen LogP contribution is -3.00. The first-order chi connectivity index (χ1) is 14.4. The lowest BCUT2D eigenvalue weighted by Gasteiger charge is -2.13. The number of anilines is 1. The summed E-state index contributed by atoms with van der Waals surface area (Å²) in [6, 6.07) is 6.62. The number of halogens is 2. The minimum atomic E-state index is -0.222. The van der Waals surface area contributed by atoms with Crippen LogP contribution in [0.4, 0.5) is 5.95 Å². The van der Waals surface area contributed by atoms with Crippen molar-refractivity contribution >= 4 is 29.0 Å². The summed E-state index contributed by atoms with van der Waals surface area (Å²) >= 11 is 6.21. The number of ketones is 1. The van der Waals surface area contributed by atoms with Crippen molar-refractivity contribution in [2.24, 2.45) is 0 Å². The maximum Gasteiger partial charge on any atom is 0.355 e. The van der Waals surface area contributed by atoms with Gasteiger partial charge >= 0.3 is 11.6 Å². The summed E-state index contributed by atoms with van der Waals surface area (Å²) < 4.78 is 19.3. The molecule has 0 amide bonds. The SMILES string of the molecule is CCC(CC)Oc1ccc2n(n1)c(N)n[n+]2CC(=O)c1cc(Cl)c(OC)c(OC)c1.[Cl-]. The number of hydrogen-bond acceptors (Lipinski definition) is 7. The van der Waals surface area contributed by atoms with Gasteiger partial charge < -0.3 is 32.4 Å². The number of nitrogens with two attached hydrogens (primary N) is 1. The molecule has 9 nitrogen and oxygen atoms in total. The molecule has 3 rings (SSSR count). The molecular formula is C20H25Cl2N5O4. The summed E-state index contributed by atoms with van der Waals surface area (Å²) in [6.07, 6.45) is 1.82. The number of ether oxygens (including phenoxy) is 3. The van der Waals surface area contributed by atoms with Crippen molar-refractivity contribution in [2.75, 3.05) is 20.0 Å². The molecule has 3 aromatic rings. The maximum absolute atomic E-state index is 12.9. The molecule has 0 saturated heterocycles. The predicted molar refractivity (Wildman–Crippen MR) is 111 cm³/mol. The highest BCUT2D eigenvalue weighted by Crippen LogP contribution is 2.36. The lowest BCUT2D eigenvalue weighted by atomic mass is 10.1. The number of benzene rings is 1. The zero-order valence-electron chi connectivity index (χ0n) is 17.8. The Morgan fingerprint density at radius 3 is 2.55 bits per heavy atom. The third-order valence-corrected chi connectivity index (χ3v) is 5.02. The Morgan fingerprint density at radius 2 is 1.94 bits per heavy atom. The third kappa shape index (κ3) is 5.11. The number of nitrogens with zero attached hydrogens (tertiary/aromatic N) is 4. The van der Waals surface area contributed by atoms with Gasteiger partial charge in [0.2, 0.25) is 5.78 Å². The highest BCUT2D eigenvalue weighted by atomic mass is 35.5. The van der Waals surface area contributed by atoms with Crippen molar-refractivity contribution in [1.29, 1.82) is 0 Å². The van der Waals surface area contributed by atoms with Crippen molar-refractivity contribution in [3.05, 3.63) is 34.9 Å². The Hall–Kier alpha value is -2.78. The van der Waals surface area contributed by atoms with Crippen molar-refractivity contribution in [2.45, 2.75) is 39.3 Å². The van der Waals surface area contributed by atoms with E-state index in [-0.39, 0.29) is 41.8 Å². The van der Waals surface area contributed by atoms with Crippen LogP contribution in [-0.2, 0) is 6.54 Å². The van der Waals surface area contributed by atoms with Crippen LogP contribution in [0.25, 0.3) is 5.65 Å². The van der Waals surface area contributed by atoms with Gasteiger partial charge in [-0.3, -0.25) is 4.79 Å². The molecule has 0 spiro atoms. The number of nitrogen functional groups attached to an aromatic ring is 1. The summed E-state index contributed by atoms with van der Waals surface area (Å²) in [5.41, 5.74) is 6.93. The van der Waals surface area contributed by atoms with Crippen molar-refractivity contribution in [1.82, 2.24) is 14.7 Å². The second-order valence-corrected chi connectivity index (χ2v) is 7.04. The van der Waals surface area contributed by atoms with Crippen molar-refractivity contribution in [3.8, 4) is 17.4 Å². The topological polar surface area (TPSA) is 105 Å². The Labute approximate surface area is 191 Å². The monoisotopic (exact) mass is 469 g/mol. The zero-order valence-corrected chi connectivity index (χ0v) is 19.3. The normalized spacial score (nSPS) is 10.8. The first-order valence-electron chi connectivity index (χ1n) is 9.58. The number of fused-ring (bicyclic) bond motifs is 1. The van der Waals surface area contributed by atoms with E-state index >= 15 is 0 Å². The molecule has 0 unspecified atom stereocenters. The van der Waals surface area contributed by atoms with Gasteiger partial charge in [-0.15, -0.1) is 4.68 Å². The van der Waals surface area contributed by atoms with E-state index < -0.39 is 0 Å².